The van der Waals surface area contributed by atoms with Gasteiger partial charge >= 0.3 is 6.18 Å². The van der Waals surface area contributed by atoms with Gasteiger partial charge in [0.05, 0.1) is 22.8 Å². The average Bonchev–Trinajstić information content (AvgIpc) is 2.64. The number of amides is 1. The predicted molar refractivity (Wildman–Crippen MR) is 94.2 cm³/mol. The minimum absolute atomic E-state index is 0.158. The lowest BCUT2D eigenvalue weighted by Crippen LogP contribution is -2.33. The molecule has 0 radical (unpaired) electrons. The van der Waals surface area contributed by atoms with Gasteiger partial charge in [0, 0.05) is 6.54 Å². The Bertz CT molecular complexity index is 1010. The molecule has 0 saturated carbocycles. The maximum atomic E-state index is 12.5. The third-order valence-corrected chi connectivity index (χ3v) is 4.07. The molecule has 140 valence electrons. The molecule has 1 amide bonds. The number of nitrogens with one attached hydrogen (secondary N) is 1. The highest BCUT2D eigenvalue weighted by Gasteiger charge is 2.29. The third kappa shape index (κ3) is 4.52. The van der Waals surface area contributed by atoms with Crippen LogP contribution in [0.3, 0.4) is 0 Å². The summed E-state index contributed by atoms with van der Waals surface area (Å²) in [5.74, 6) is -0.361. The number of para-hydroxylation sites is 2. The van der Waals surface area contributed by atoms with E-state index in [0.717, 1.165) is 18.3 Å². The van der Waals surface area contributed by atoms with Crippen LogP contribution in [0.25, 0.3) is 11.0 Å². The first-order valence-corrected chi connectivity index (χ1v) is 8.22. The van der Waals surface area contributed by atoms with Gasteiger partial charge in [0.25, 0.3) is 5.56 Å². The van der Waals surface area contributed by atoms with E-state index in [1.54, 1.807) is 24.3 Å². The van der Waals surface area contributed by atoms with Crippen molar-refractivity contribution in [3.8, 4) is 0 Å². The van der Waals surface area contributed by atoms with Gasteiger partial charge in [-0.3, -0.25) is 14.2 Å². The molecule has 2 aromatic carbocycles. The van der Waals surface area contributed by atoms with Gasteiger partial charge in [0.1, 0.15) is 6.54 Å². The summed E-state index contributed by atoms with van der Waals surface area (Å²) in [6, 6.07) is 11.8. The van der Waals surface area contributed by atoms with Gasteiger partial charge in [-0.05, 0) is 36.2 Å². The van der Waals surface area contributed by atoms with Gasteiger partial charge in [0.15, 0.2) is 0 Å². The Morgan fingerprint density at radius 3 is 2.48 bits per heavy atom. The number of hydrogen-bond acceptors (Lipinski definition) is 3. The van der Waals surface area contributed by atoms with Crippen LogP contribution in [0.4, 0.5) is 13.2 Å². The number of alkyl halides is 3. The third-order valence-electron chi connectivity index (χ3n) is 4.07. The van der Waals surface area contributed by atoms with Crippen molar-refractivity contribution in [3.63, 3.8) is 0 Å². The number of fused-ring (bicyclic) bond motifs is 1. The number of benzene rings is 2. The minimum Gasteiger partial charge on any atom is -0.354 e. The number of rotatable bonds is 5. The lowest BCUT2D eigenvalue weighted by molar-refractivity contribution is -0.137. The van der Waals surface area contributed by atoms with Gasteiger partial charge < -0.3 is 5.32 Å². The molecule has 8 heteroatoms. The Morgan fingerprint density at radius 1 is 1.07 bits per heavy atom. The summed E-state index contributed by atoms with van der Waals surface area (Å²) in [5.41, 5.74) is 0.748. The summed E-state index contributed by atoms with van der Waals surface area (Å²) in [5, 5.41) is 2.68. The van der Waals surface area contributed by atoms with Crippen LogP contribution in [0, 0.1) is 0 Å². The summed E-state index contributed by atoms with van der Waals surface area (Å²) in [7, 11) is 0. The maximum Gasteiger partial charge on any atom is 0.416 e. The van der Waals surface area contributed by atoms with Crippen molar-refractivity contribution >= 4 is 16.9 Å². The smallest absolute Gasteiger partial charge is 0.354 e. The lowest BCUT2D eigenvalue weighted by Gasteiger charge is -2.10. The predicted octanol–water partition coefficient (Wildman–Crippen LogP) is 2.77. The van der Waals surface area contributed by atoms with Crippen LogP contribution < -0.4 is 10.9 Å². The molecule has 3 aromatic rings. The van der Waals surface area contributed by atoms with Gasteiger partial charge in [-0.2, -0.15) is 13.2 Å². The van der Waals surface area contributed by atoms with Crippen LogP contribution in [0.2, 0.25) is 0 Å². The zero-order chi connectivity index (χ0) is 19.4. The monoisotopic (exact) mass is 375 g/mol. The van der Waals surface area contributed by atoms with E-state index in [2.05, 4.69) is 10.3 Å². The van der Waals surface area contributed by atoms with Crippen molar-refractivity contribution in [3.05, 3.63) is 76.2 Å². The first-order chi connectivity index (χ1) is 12.8. The Balaban J connectivity index is 1.59. The first-order valence-electron chi connectivity index (χ1n) is 8.22. The Morgan fingerprint density at radius 2 is 1.78 bits per heavy atom. The molecule has 5 nitrogen and oxygen atoms in total. The molecule has 1 N–H and O–H groups in total. The minimum atomic E-state index is -4.37. The zero-order valence-corrected chi connectivity index (χ0v) is 14.2. The van der Waals surface area contributed by atoms with E-state index in [-0.39, 0.29) is 24.6 Å². The molecule has 0 aliphatic carbocycles. The fraction of sp³-hybridized carbons (Fsp3) is 0.211. The second kappa shape index (κ2) is 7.61. The number of halogens is 3. The highest BCUT2D eigenvalue weighted by atomic mass is 19.4. The lowest BCUT2D eigenvalue weighted by atomic mass is 10.1. The zero-order valence-electron chi connectivity index (χ0n) is 14.2. The average molecular weight is 375 g/mol. The Labute approximate surface area is 152 Å². The molecule has 0 spiro atoms. The SMILES string of the molecule is O=C(Cn1c(=O)cnc2ccccc21)NCCc1ccc(C(F)(F)F)cc1. The van der Waals surface area contributed by atoms with Crippen LogP contribution in [0.15, 0.2) is 59.5 Å². The normalized spacial score (nSPS) is 11.5. The number of carbonyl (C=O) groups is 1. The largest absolute Gasteiger partial charge is 0.416 e. The molecular weight excluding hydrogens is 359 g/mol. The fourth-order valence-electron chi connectivity index (χ4n) is 2.68. The van der Waals surface area contributed by atoms with E-state index >= 15 is 0 Å². The van der Waals surface area contributed by atoms with E-state index in [1.807, 2.05) is 0 Å². The second-order valence-corrected chi connectivity index (χ2v) is 5.97. The summed E-state index contributed by atoms with van der Waals surface area (Å²) >= 11 is 0. The van der Waals surface area contributed by atoms with Crippen LogP contribution in [-0.4, -0.2) is 22.0 Å². The molecule has 0 aliphatic rings. The number of carbonyl (C=O) groups excluding carboxylic acids is 1. The summed E-state index contributed by atoms with van der Waals surface area (Å²) in [6.45, 7) is 0.0941. The van der Waals surface area contributed by atoms with E-state index < -0.39 is 11.7 Å². The molecule has 0 fully saturated rings. The second-order valence-electron chi connectivity index (χ2n) is 5.97. The molecule has 1 heterocycles. The van der Waals surface area contributed by atoms with Crippen molar-refractivity contribution in [2.45, 2.75) is 19.1 Å². The standard InChI is InChI=1S/C19H16F3N3O2/c20-19(21,22)14-7-5-13(6-8-14)9-10-23-17(26)12-25-16-4-2-1-3-15(16)24-11-18(25)27/h1-8,11H,9-10,12H2,(H,23,26). The summed E-state index contributed by atoms with van der Waals surface area (Å²) in [4.78, 5) is 28.2. The summed E-state index contributed by atoms with van der Waals surface area (Å²) < 4.78 is 38.9. The van der Waals surface area contributed by atoms with Gasteiger partial charge in [-0.1, -0.05) is 24.3 Å². The first kappa shape index (κ1) is 18.6. The molecule has 1 aromatic heterocycles. The maximum absolute atomic E-state index is 12.5. The molecule has 27 heavy (non-hydrogen) atoms. The Hall–Kier alpha value is -3.16. The van der Waals surface area contributed by atoms with Crippen molar-refractivity contribution in [2.24, 2.45) is 0 Å². The topological polar surface area (TPSA) is 64.0 Å². The Kier molecular flexibility index (Phi) is 5.25. The number of aromatic nitrogens is 2. The molecule has 0 bridgehead atoms. The van der Waals surface area contributed by atoms with Crippen LogP contribution >= 0.6 is 0 Å². The molecule has 0 saturated heterocycles. The van der Waals surface area contributed by atoms with Crippen molar-refractivity contribution in [2.75, 3.05) is 6.54 Å². The number of nitrogens with zero attached hydrogens (tertiary/aromatic N) is 2. The van der Waals surface area contributed by atoms with E-state index in [4.69, 9.17) is 0 Å². The van der Waals surface area contributed by atoms with Gasteiger partial charge in [-0.15, -0.1) is 0 Å². The van der Waals surface area contributed by atoms with Crippen LogP contribution in [0.1, 0.15) is 11.1 Å². The fourth-order valence-corrected chi connectivity index (χ4v) is 2.68. The molecule has 0 aliphatic heterocycles. The molecular formula is C19H16F3N3O2. The molecule has 0 unspecified atom stereocenters. The van der Waals surface area contributed by atoms with Crippen molar-refractivity contribution in [1.29, 1.82) is 0 Å². The highest BCUT2D eigenvalue weighted by molar-refractivity contribution is 5.79. The van der Waals surface area contributed by atoms with Crippen molar-refractivity contribution in [1.82, 2.24) is 14.9 Å². The van der Waals surface area contributed by atoms with E-state index in [9.17, 15) is 22.8 Å². The van der Waals surface area contributed by atoms with Crippen molar-refractivity contribution < 1.29 is 18.0 Å². The molecule has 0 atom stereocenters. The van der Waals surface area contributed by atoms with Crippen LogP contribution in [0.5, 0.6) is 0 Å². The molecule has 3 rings (SSSR count). The van der Waals surface area contributed by atoms with Crippen LogP contribution in [-0.2, 0) is 23.9 Å². The summed E-state index contributed by atoms with van der Waals surface area (Å²) in [6.07, 6.45) is -2.82. The quantitative estimate of drug-likeness (QED) is 0.746. The highest BCUT2D eigenvalue weighted by Crippen LogP contribution is 2.29. The van der Waals surface area contributed by atoms with E-state index in [1.165, 1.54) is 16.7 Å². The van der Waals surface area contributed by atoms with E-state index in [0.29, 0.717) is 23.0 Å². The number of hydrogen-bond donors (Lipinski definition) is 1. The van der Waals surface area contributed by atoms with Gasteiger partial charge in [0.2, 0.25) is 5.91 Å². The van der Waals surface area contributed by atoms with Gasteiger partial charge in [-0.25, -0.2) is 4.98 Å².